The topological polar surface area (TPSA) is 69.0 Å². The van der Waals surface area contributed by atoms with Crippen molar-refractivity contribution in [1.82, 2.24) is 20.1 Å². The maximum Gasteiger partial charge on any atom is 0.251 e. The van der Waals surface area contributed by atoms with E-state index in [4.69, 9.17) is 4.74 Å². The first-order valence-corrected chi connectivity index (χ1v) is 9.86. The van der Waals surface area contributed by atoms with Crippen LogP contribution in [0.4, 0.5) is 0 Å². The van der Waals surface area contributed by atoms with E-state index < -0.39 is 0 Å². The molecule has 30 heavy (non-hydrogen) atoms. The lowest BCUT2D eigenvalue weighted by Crippen LogP contribution is -2.34. The van der Waals surface area contributed by atoms with Gasteiger partial charge in [0.25, 0.3) is 5.91 Å². The van der Waals surface area contributed by atoms with E-state index in [2.05, 4.69) is 21.5 Å². The number of hydrogen-bond acceptors (Lipinski definition) is 4. The zero-order chi connectivity index (χ0) is 20.3. The monoisotopic (exact) mass is 396 g/mol. The first kappa shape index (κ1) is 18.1. The minimum Gasteiger partial charge on any atom is -0.487 e. The molecule has 1 amide bonds. The summed E-state index contributed by atoms with van der Waals surface area (Å²) in [7, 11) is 0. The maximum atomic E-state index is 12.6. The number of nitrogens with zero attached hydrogens (tertiary/aromatic N) is 3. The van der Waals surface area contributed by atoms with Crippen molar-refractivity contribution in [1.29, 1.82) is 0 Å². The Morgan fingerprint density at radius 1 is 1.03 bits per heavy atom. The van der Waals surface area contributed by atoms with Gasteiger partial charge in [0.05, 0.1) is 17.9 Å². The number of amides is 1. The number of carbonyl (C=O) groups is 1. The van der Waals surface area contributed by atoms with Crippen LogP contribution in [0, 0.1) is 0 Å². The molecule has 5 rings (SSSR count). The van der Waals surface area contributed by atoms with Crippen molar-refractivity contribution in [3.8, 4) is 22.7 Å². The summed E-state index contributed by atoms with van der Waals surface area (Å²) in [5.74, 6) is 0.741. The van der Waals surface area contributed by atoms with Gasteiger partial charge in [-0.15, -0.1) is 0 Å². The quantitative estimate of drug-likeness (QED) is 0.559. The second-order valence-electron chi connectivity index (χ2n) is 7.16. The Morgan fingerprint density at radius 3 is 2.70 bits per heavy atom. The first-order valence-electron chi connectivity index (χ1n) is 9.86. The number of ether oxygens (including phenoxy) is 1. The summed E-state index contributed by atoms with van der Waals surface area (Å²) in [6.07, 6.45) is 6.02. The highest BCUT2D eigenvalue weighted by Crippen LogP contribution is 2.37. The van der Waals surface area contributed by atoms with Gasteiger partial charge in [0.1, 0.15) is 11.9 Å². The molecule has 1 N–H and O–H groups in total. The van der Waals surface area contributed by atoms with E-state index in [1.807, 2.05) is 54.7 Å². The van der Waals surface area contributed by atoms with Crippen LogP contribution in [0.2, 0.25) is 0 Å². The number of carbonyl (C=O) groups excluding carboxylic acids is 1. The summed E-state index contributed by atoms with van der Waals surface area (Å²) < 4.78 is 7.93. The average molecular weight is 396 g/mol. The van der Waals surface area contributed by atoms with Gasteiger partial charge in [-0.1, -0.05) is 18.2 Å². The van der Waals surface area contributed by atoms with Crippen LogP contribution in [0.15, 0.2) is 85.3 Å². The van der Waals surface area contributed by atoms with Crippen molar-refractivity contribution in [2.45, 2.75) is 12.5 Å². The highest BCUT2D eigenvalue weighted by Gasteiger charge is 2.26. The fourth-order valence-corrected chi connectivity index (χ4v) is 3.67. The van der Waals surface area contributed by atoms with Crippen LogP contribution in [-0.4, -0.2) is 33.3 Å². The fourth-order valence-electron chi connectivity index (χ4n) is 3.67. The number of fused-ring (bicyclic) bond motifs is 1. The molecule has 0 radical (unpaired) electrons. The Hall–Kier alpha value is -3.93. The third-order valence-corrected chi connectivity index (χ3v) is 5.16. The van der Waals surface area contributed by atoms with Crippen LogP contribution in [0.5, 0.6) is 5.75 Å². The van der Waals surface area contributed by atoms with Crippen molar-refractivity contribution in [3.05, 3.63) is 96.4 Å². The molecule has 1 aliphatic rings. The van der Waals surface area contributed by atoms with Gasteiger partial charge in [0.2, 0.25) is 0 Å². The number of aromatic nitrogens is 3. The minimum atomic E-state index is -0.119. The third kappa shape index (κ3) is 3.55. The molecular weight excluding hydrogens is 376 g/mol. The van der Waals surface area contributed by atoms with E-state index in [0.717, 1.165) is 34.7 Å². The molecule has 148 valence electrons. The Kier molecular flexibility index (Phi) is 4.73. The Labute approximate surface area is 174 Å². The number of para-hydroxylation sites is 1. The molecule has 0 saturated heterocycles. The van der Waals surface area contributed by atoms with Crippen LogP contribution in [-0.2, 0) is 6.42 Å². The number of hydrogen-bond donors (Lipinski definition) is 1. The Morgan fingerprint density at radius 2 is 1.93 bits per heavy atom. The molecule has 2 aromatic heterocycles. The summed E-state index contributed by atoms with van der Waals surface area (Å²) in [5.41, 5.74) is 4.53. The van der Waals surface area contributed by atoms with Crippen LogP contribution in [0.25, 0.3) is 16.9 Å². The standard InChI is InChI=1S/C24H20N4O2/c29-24(17-8-10-19(11-9-17)28-14-4-13-27-28)26-16-20-15-18-5-3-6-21(23(18)30-20)22-7-1-2-12-25-22/h1-14,20H,15-16H2,(H,26,29)/t20-/m0/s1. The highest BCUT2D eigenvalue weighted by molar-refractivity contribution is 5.94. The molecule has 2 aromatic carbocycles. The molecule has 0 spiro atoms. The first-order chi connectivity index (χ1) is 14.8. The fraction of sp³-hybridized carbons (Fsp3) is 0.125. The van der Waals surface area contributed by atoms with Gasteiger partial charge in [-0.3, -0.25) is 9.78 Å². The van der Waals surface area contributed by atoms with Crippen molar-refractivity contribution in [3.63, 3.8) is 0 Å². The second-order valence-corrected chi connectivity index (χ2v) is 7.16. The zero-order valence-electron chi connectivity index (χ0n) is 16.2. The normalized spacial score (nSPS) is 14.7. The van der Waals surface area contributed by atoms with E-state index in [9.17, 15) is 4.79 Å². The molecule has 6 nitrogen and oxygen atoms in total. The molecule has 0 unspecified atom stereocenters. The van der Waals surface area contributed by atoms with Gasteiger partial charge >= 0.3 is 0 Å². The summed E-state index contributed by atoms with van der Waals surface area (Å²) in [4.78, 5) is 17.0. The van der Waals surface area contributed by atoms with E-state index >= 15 is 0 Å². The van der Waals surface area contributed by atoms with Crippen molar-refractivity contribution in [2.75, 3.05) is 6.54 Å². The van der Waals surface area contributed by atoms with E-state index in [-0.39, 0.29) is 12.0 Å². The molecule has 1 aliphatic heterocycles. The zero-order valence-corrected chi connectivity index (χ0v) is 16.2. The van der Waals surface area contributed by atoms with E-state index in [1.54, 1.807) is 29.2 Å². The van der Waals surface area contributed by atoms with E-state index in [0.29, 0.717) is 12.1 Å². The summed E-state index contributed by atoms with van der Waals surface area (Å²) in [5, 5.41) is 7.18. The van der Waals surface area contributed by atoms with Crippen LogP contribution in [0.3, 0.4) is 0 Å². The predicted octanol–water partition coefficient (Wildman–Crippen LogP) is 3.67. The largest absolute Gasteiger partial charge is 0.487 e. The minimum absolute atomic E-state index is 0.0999. The predicted molar refractivity (Wildman–Crippen MR) is 114 cm³/mol. The summed E-state index contributed by atoms with van der Waals surface area (Å²) >= 11 is 0. The smallest absolute Gasteiger partial charge is 0.251 e. The SMILES string of the molecule is O=C(NC[C@@H]1Cc2cccc(-c3ccccn3)c2O1)c1ccc(-n2cccn2)cc1. The van der Waals surface area contributed by atoms with Gasteiger partial charge in [0.15, 0.2) is 0 Å². The van der Waals surface area contributed by atoms with Gasteiger partial charge in [0, 0.05) is 36.1 Å². The Balaban J connectivity index is 1.23. The summed E-state index contributed by atoms with van der Waals surface area (Å²) in [6.45, 7) is 0.441. The summed E-state index contributed by atoms with van der Waals surface area (Å²) in [6, 6.07) is 21.2. The maximum absolute atomic E-state index is 12.6. The number of pyridine rings is 1. The molecule has 0 fully saturated rings. The van der Waals surface area contributed by atoms with Crippen molar-refractivity contribution >= 4 is 5.91 Å². The molecular formula is C24H20N4O2. The van der Waals surface area contributed by atoms with Crippen LogP contribution in [0.1, 0.15) is 15.9 Å². The van der Waals surface area contributed by atoms with Gasteiger partial charge in [-0.05, 0) is 54.1 Å². The lowest BCUT2D eigenvalue weighted by Gasteiger charge is -2.13. The van der Waals surface area contributed by atoms with Gasteiger partial charge < -0.3 is 10.1 Å². The van der Waals surface area contributed by atoms with Gasteiger partial charge in [-0.25, -0.2) is 4.68 Å². The molecule has 4 aromatic rings. The molecule has 0 bridgehead atoms. The molecule has 3 heterocycles. The number of rotatable bonds is 5. The molecule has 0 aliphatic carbocycles. The molecule has 0 saturated carbocycles. The number of nitrogens with one attached hydrogen (secondary N) is 1. The molecule has 6 heteroatoms. The highest BCUT2D eigenvalue weighted by atomic mass is 16.5. The van der Waals surface area contributed by atoms with Crippen molar-refractivity contribution < 1.29 is 9.53 Å². The third-order valence-electron chi connectivity index (χ3n) is 5.16. The lowest BCUT2D eigenvalue weighted by atomic mass is 10.0. The average Bonchev–Trinajstić information content (AvgIpc) is 3.48. The Bertz CT molecular complexity index is 1160. The lowest BCUT2D eigenvalue weighted by molar-refractivity contribution is 0.0933. The van der Waals surface area contributed by atoms with Gasteiger partial charge in [-0.2, -0.15) is 5.10 Å². The second kappa shape index (κ2) is 7.83. The van der Waals surface area contributed by atoms with Crippen LogP contribution >= 0.6 is 0 Å². The molecule has 1 atom stereocenters. The van der Waals surface area contributed by atoms with Crippen LogP contribution < -0.4 is 10.1 Å². The number of benzene rings is 2. The van der Waals surface area contributed by atoms with E-state index in [1.165, 1.54) is 0 Å². The van der Waals surface area contributed by atoms with Crippen molar-refractivity contribution in [2.24, 2.45) is 0 Å².